The quantitative estimate of drug-likeness (QED) is 0.276. The van der Waals surface area contributed by atoms with Crippen LogP contribution in [0.3, 0.4) is 0 Å². The smallest absolute Gasteiger partial charge is 0.344 e. The van der Waals surface area contributed by atoms with Crippen LogP contribution in [0.1, 0.15) is 19.8 Å². The molecule has 1 aliphatic heterocycles. The Morgan fingerprint density at radius 1 is 1.28 bits per heavy atom. The van der Waals surface area contributed by atoms with Crippen molar-refractivity contribution in [2.75, 3.05) is 13.7 Å². The number of rotatable bonds is 5. The molecule has 3 fully saturated rings. The minimum Gasteiger partial charge on any atom is -0.468 e. The molecule has 2 bridgehead atoms. The predicted molar refractivity (Wildman–Crippen MR) is 80.4 cm³/mol. The molecule has 9 nitrogen and oxygen atoms in total. The van der Waals surface area contributed by atoms with Crippen molar-refractivity contribution in [1.29, 1.82) is 0 Å². The van der Waals surface area contributed by atoms with E-state index < -0.39 is 57.5 Å². The normalized spacial score (nSPS) is 36.7. The van der Waals surface area contributed by atoms with E-state index in [1.54, 1.807) is 0 Å². The Labute approximate surface area is 144 Å². The standard InChI is InChI=1S/C15H18O9S/c1-7(2)13(17)22-6-11(16)23-12-8-4-9-10(5-8)24-25(19,20)15(9,12)14(18)21-3/h8-10,12H,1,4-6H2,2-3H3/t8-,9?,10+,12?,15?/m1/s1. The van der Waals surface area contributed by atoms with Gasteiger partial charge >= 0.3 is 17.9 Å². The summed E-state index contributed by atoms with van der Waals surface area (Å²) in [6.45, 7) is 4.09. The minimum absolute atomic E-state index is 0.105. The molecule has 10 heteroatoms. The predicted octanol–water partition coefficient (Wildman–Crippen LogP) is -0.302. The van der Waals surface area contributed by atoms with Gasteiger partial charge in [-0.25, -0.2) is 9.59 Å². The van der Waals surface area contributed by atoms with Crippen LogP contribution in [-0.2, 0) is 42.9 Å². The zero-order valence-electron chi connectivity index (χ0n) is 13.7. The third-order valence-corrected chi connectivity index (χ3v) is 7.07. The van der Waals surface area contributed by atoms with E-state index in [1.165, 1.54) is 6.92 Å². The summed E-state index contributed by atoms with van der Waals surface area (Å²) in [6, 6.07) is 0. The van der Waals surface area contributed by atoms with E-state index in [-0.39, 0.29) is 11.5 Å². The summed E-state index contributed by atoms with van der Waals surface area (Å²) in [5.74, 6) is -3.68. The average Bonchev–Trinajstić information content (AvgIpc) is 3.11. The fourth-order valence-electron chi connectivity index (χ4n) is 4.11. The van der Waals surface area contributed by atoms with Crippen LogP contribution in [-0.4, -0.2) is 57.0 Å². The van der Waals surface area contributed by atoms with Crippen molar-refractivity contribution >= 4 is 28.0 Å². The maximum atomic E-state index is 12.5. The van der Waals surface area contributed by atoms with Crippen LogP contribution in [0, 0.1) is 11.8 Å². The van der Waals surface area contributed by atoms with Crippen molar-refractivity contribution in [3.8, 4) is 0 Å². The van der Waals surface area contributed by atoms with Gasteiger partial charge in [0.05, 0.1) is 13.2 Å². The Morgan fingerprint density at radius 3 is 2.56 bits per heavy atom. The first-order valence-corrected chi connectivity index (χ1v) is 9.09. The number of methoxy groups -OCH3 is 1. The molecule has 1 saturated heterocycles. The summed E-state index contributed by atoms with van der Waals surface area (Å²) in [4.78, 5) is 35.7. The van der Waals surface area contributed by atoms with E-state index in [0.717, 1.165) is 7.11 Å². The molecule has 3 aliphatic rings. The van der Waals surface area contributed by atoms with Crippen LogP contribution in [0.2, 0.25) is 0 Å². The molecule has 3 unspecified atom stereocenters. The van der Waals surface area contributed by atoms with Crippen molar-refractivity contribution in [2.24, 2.45) is 11.8 Å². The average molecular weight is 374 g/mol. The van der Waals surface area contributed by atoms with Crippen molar-refractivity contribution < 1.29 is 41.2 Å². The third-order valence-electron chi connectivity index (χ3n) is 5.04. The zero-order valence-corrected chi connectivity index (χ0v) is 14.5. The molecule has 0 N–H and O–H groups in total. The lowest BCUT2D eigenvalue weighted by atomic mass is 9.83. The number of hydrogen-bond acceptors (Lipinski definition) is 9. The summed E-state index contributed by atoms with van der Waals surface area (Å²) >= 11 is 0. The third kappa shape index (κ3) is 2.38. The number of hydrogen-bond donors (Lipinski definition) is 0. The lowest BCUT2D eigenvalue weighted by Crippen LogP contribution is -2.58. The molecule has 138 valence electrons. The minimum atomic E-state index is -4.32. The Kier molecular flexibility index (Phi) is 4.15. The van der Waals surface area contributed by atoms with Gasteiger partial charge in [0.15, 0.2) is 6.61 Å². The van der Waals surface area contributed by atoms with Crippen molar-refractivity contribution in [1.82, 2.24) is 0 Å². The number of fused-ring (bicyclic) bond motifs is 1. The highest BCUT2D eigenvalue weighted by Gasteiger charge is 2.80. The topological polar surface area (TPSA) is 122 Å². The summed E-state index contributed by atoms with van der Waals surface area (Å²) < 4.78 is 42.8. The lowest BCUT2D eigenvalue weighted by Gasteiger charge is -2.33. The number of carbonyl (C=O) groups excluding carboxylic acids is 3. The molecule has 2 saturated carbocycles. The van der Waals surface area contributed by atoms with Crippen LogP contribution in [0.5, 0.6) is 0 Å². The molecular weight excluding hydrogens is 356 g/mol. The molecule has 0 aromatic heterocycles. The molecular formula is C15H18O9S. The number of carbonyl (C=O) groups is 3. The molecule has 25 heavy (non-hydrogen) atoms. The van der Waals surface area contributed by atoms with E-state index in [9.17, 15) is 22.8 Å². The highest BCUT2D eigenvalue weighted by Crippen LogP contribution is 2.62. The largest absolute Gasteiger partial charge is 0.468 e. The summed E-state index contributed by atoms with van der Waals surface area (Å²) in [6.07, 6.45) is -1.09. The SMILES string of the molecule is C=C(C)C(=O)OCC(=O)OC1[C@@H]2CC3[C@H](C2)OS(=O)(=O)C13C(=O)OC. The van der Waals surface area contributed by atoms with Crippen LogP contribution in [0.25, 0.3) is 0 Å². The first-order chi connectivity index (χ1) is 11.6. The van der Waals surface area contributed by atoms with Crippen molar-refractivity contribution in [3.63, 3.8) is 0 Å². The first kappa shape index (κ1) is 17.9. The maximum absolute atomic E-state index is 12.5. The summed E-state index contributed by atoms with van der Waals surface area (Å²) in [5, 5.41) is 0. The second kappa shape index (κ2) is 5.80. The Morgan fingerprint density at radius 2 is 1.96 bits per heavy atom. The van der Waals surface area contributed by atoms with E-state index in [4.69, 9.17) is 18.4 Å². The molecule has 0 aromatic carbocycles. The molecule has 0 spiro atoms. The Bertz CT molecular complexity index is 755. The Hall–Kier alpha value is -1.94. The second-order valence-corrected chi connectivity index (χ2v) is 8.25. The highest BCUT2D eigenvalue weighted by molar-refractivity contribution is 7.89. The molecule has 5 atom stereocenters. The van der Waals surface area contributed by atoms with Gasteiger partial charge in [-0.1, -0.05) is 6.58 Å². The van der Waals surface area contributed by atoms with Gasteiger partial charge < -0.3 is 14.2 Å². The van der Waals surface area contributed by atoms with Gasteiger partial charge in [-0.05, 0) is 19.8 Å². The van der Waals surface area contributed by atoms with Crippen LogP contribution in [0.4, 0.5) is 0 Å². The van der Waals surface area contributed by atoms with Crippen LogP contribution < -0.4 is 0 Å². The summed E-state index contributed by atoms with van der Waals surface area (Å²) in [5.41, 5.74) is 0.105. The zero-order chi connectivity index (χ0) is 18.6. The first-order valence-electron chi connectivity index (χ1n) is 7.68. The van der Waals surface area contributed by atoms with Crippen molar-refractivity contribution in [2.45, 2.75) is 36.7 Å². The number of ether oxygens (including phenoxy) is 3. The monoisotopic (exact) mass is 374 g/mol. The van der Waals surface area contributed by atoms with Crippen molar-refractivity contribution in [3.05, 3.63) is 12.2 Å². The van der Waals surface area contributed by atoms with Gasteiger partial charge in [-0.15, -0.1) is 0 Å². The van der Waals surface area contributed by atoms with Crippen LogP contribution >= 0.6 is 0 Å². The van der Waals surface area contributed by atoms with Gasteiger partial charge in [0.1, 0.15) is 6.10 Å². The molecule has 0 aromatic rings. The van der Waals surface area contributed by atoms with Gasteiger partial charge in [0, 0.05) is 17.4 Å². The van der Waals surface area contributed by atoms with Gasteiger partial charge in [0.25, 0.3) is 10.1 Å². The summed E-state index contributed by atoms with van der Waals surface area (Å²) in [7, 11) is -3.25. The van der Waals surface area contributed by atoms with E-state index >= 15 is 0 Å². The molecule has 0 amide bonds. The van der Waals surface area contributed by atoms with Crippen LogP contribution in [0.15, 0.2) is 12.2 Å². The fourth-order valence-corrected chi connectivity index (χ4v) is 6.24. The highest BCUT2D eigenvalue weighted by atomic mass is 32.2. The lowest BCUT2D eigenvalue weighted by molar-refractivity contribution is -0.168. The van der Waals surface area contributed by atoms with Gasteiger partial charge in [-0.3, -0.25) is 8.98 Å². The second-order valence-electron chi connectivity index (χ2n) is 6.48. The molecule has 2 aliphatic carbocycles. The van der Waals surface area contributed by atoms with Gasteiger partial charge in [-0.2, -0.15) is 8.42 Å². The molecule has 1 heterocycles. The van der Waals surface area contributed by atoms with Gasteiger partial charge in [0.2, 0.25) is 4.75 Å². The van der Waals surface area contributed by atoms with E-state index in [2.05, 4.69) is 6.58 Å². The van der Waals surface area contributed by atoms with E-state index in [0.29, 0.717) is 12.8 Å². The molecule has 0 radical (unpaired) electrons. The number of esters is 3. The molecule has 3 rings (SSSR count). The van der Waals surface area contributed by atoms with E-state index in [1.807, 2.05) is 0 Å². The Balaban J connectivity index is 1.83. The maximum Gasteiger partial charge on any atom is 0.344 e. The fraction of sp³-hybridized carbons (Fsp3) is 0.667.